The zero-order valence-corrected chi connectivity index (χ0v) is 13.9. The molecule has 1 aliphatic rings. The second-order valence-electron chi connectivity index (χ2n) is 5.90. The van der Waals surface area contributed by atoms with Gasteiger partial charge in [-0.25, -0.2) is 4.98 Å². The normalized spacial score (nSPS) is 16.0. The number of hydrogen-bond acceptors (Lipinski definition) is 4. The van der Waals surface area contributed by atoms with Crippen molar-refractivity contribution >= 4 is 17.7 Å². The molecule has 0 saturated heterocycles. The van der Waals surface area contributed by atoms with Crippen molar-refractivity contribution in [2.24, 2.45) is 0 Å². The number of hydrogen-bond donors (Lipinski definition) is 2. The van der Waals surface area contributed by atoms with E-state index in [4.69, 9.17) is 0 Å². The Hall–Kier alpha value is -1.82. The fourth-order valence-corrected chi connectivity index (χ4v) is 3.75. The number of carbonyl (C=O) groups excluding carboxylic acids is 1. The van der Waals surface area contributed by atoms with Crippen molar-refractivity contribution < 1.29 is 4.79 Å². The van der Waals surface area contributed by atoms with Crippen molar-refractivity contribution in [3.63, 3.8) is 0 Å². The minimum Gasteiger partial charge on any atom is -0.349 e. The van der Waals surface area contributed by atoms with Gasteiger partial charge < -0.3 is 5.32 Å². The van der Waals surface area contributed by atoms with Crippen LogP contribution in [0.2, 0.25) is 0 Å². The van der Waals surface area contributed by atoms with E-state index in [0.29, 0.717) is 11.8 Å². The van der Waals surface area contributed by atoms with Gasteiger partial charge in [-0.1, -0.05) is 55.6 Å². The Kier molecular flexibility index (Phi) is 5.69. The molecule has 1 aliphatic carbocycles. The summed E-state index contributed by atoms with van der Waals surface area (Å²) in [7, 11) is 0. The van der Waals surface area contributed by atoms with Crippen molar-refractivity contribution in [2.45, 2.75) is 55.5 Å². The number of amides is 1. The number of rotatable bonds is 5. The molecule has 5 nitrogen and oxygen atoms in total. The summed E-state index contributed by atoms with van der Waals surface area (Å²) in [6.07, 6.45) is 8.70. The summed E-state index contributed by atoms with van der Waals surface area (Å²) in [6.45, 7) is 0. The lowest BCUT2D eigenvalue weighted by Crippen LogP contribution is -2.34. The van der Waals surface area contributed by atoms with E-state index in [1.54, 1.807) is 11.8 Å². The first-order valence-corrected chi connectivity index (χ1v) is 9.18. The number of aromatic amines is 1. The Morgan fingerprint density at radius 2 is 2.00 bits per heavy atom. The third-order valence-electron chi connectivity index (χ3n) is 4.21. The molecule has 0 spiro atoms. The second kappa shape index (κ2) is 8.15. The Labute approximate surface area is 140 Å². The van der Waals surface area contributed by atoms with Gasteiger partial charge in [-0.3, -0.25) is 9.89 Å². The zero-order valence-electron chi connectivity index (χ0n) is 13.1. The van der Waals surface area contributed by atoms with E-state index in [1.165, 1.54) is 32.0 Å². The molecule has 0 radical (unpaired) electrons. The Morgan fingerprint density at radius 3 is 2.74 bits per heavy atom. The second-order valence-corrected chi connectivity index (χ2v) is 6.86. The maximum atomic E-state index is 12.7. The summed E-state index contributed by atoms with van der Waals surface area (Å²) >= 11 is 1.55. The third-order valence-corrected chi connectivity index (χ3v) is 5.14. The van der Waals surface area contributed by atoms with Gasteiger partial charge in [0.1, 0.15) is 6.33 Å². The highest BCUT2D eigenvalue weighted by molar-refractivity contribution is 7.98. The molecule has 1 amide bonds. The van der Waals surface area contributed by atoms with Crippen LogP contribution in [0, 0.1) is 0 Å². The quantitative estimate of drug-likeness (QED) is 0.650. The third kappa shape index (κ3) is 4.58. The molecule has 23 heavy (non-hydrogen) atoms. The topological polar surface area (TPSA) is 70.7 Å². The molecule has 0 bridgehead atoms. The average molecular weight is 330 g/mol. The van der Waals surface area contributed by atoms with Gasteiger partial charge >= 0.3 is 0 Å². The standard InChI is InChI=1S/C17H22N4OS/c22-16(20-14-8-3-1-2-4-9-14)15-10-6-5-7-13(15)11-23-17-18-12-19-21-17/h5-7,10,12,14H,1-4,8-9,11H2,(H,20,22)(H,18,19,21). The van der Waals surface area contributed by atoms with Crippen LogP contribution in [0.3, 0.4) is 0 Å². The summed E-state index contributed by atoms with van der Waals surface area (Å²) in [5.41, 5.74) is 1.80. The first kappa shape index (κ1) is 16.1. The molecule has 2 aromatic rings. The van der Waals surface area contributed by atoms with E-state index >= 15 is 0 Å². The molecule has 122 valence electrons. The van der Waals surface area contributed by atoms with E-state index in [1.807, 2.05) is 24.3 Å². The van der Waals surface area contributed by atoms with Crippen LogP contribution in [0.4, 0.5) is 0 Å². The van der Waals surface area contributed by atoms with E-state index < -0.39 is 0 Å². The fraction of sp³-hybridized carbons (Fsp3) is 0.471. The van der Waals surface area contributed by atoms with E-state index in [2.05, 4.69) is 20.5 Å². The molecule has 0 aliphatic heterocycles. The molecule has 1 heterocycles. The number of H-pyrrole nitrogens is 1. The van der Waals surface area contributed by atoms with Gasteiger partial charge in [0.05, 0.1) is 0 Å². The number of aromatic nitrogens is 3. The SMILES string of the molecule is O=C(NC1CCCCCC1)c1ccccc1CSc1ncn[nH]1. The number of nitrogens with one attached hydrogen (secondary N) is 2. The lowest BCUT2D eigenvalue weighted by Gasteiger charge is -2.17. The highest BCUT2D eigenvalue weighted by Crippen LogP contribution is 2.22. The minimum atomic E-state index is 0.0469. The first-order valence-electron chi connectivity index (χ1n) is 8.20. The number of benzene rings is 1. The largest absolute Gasteiger partial charge is 0.349 e. The van der Waals surface area contributed by atoms with Crippen LogP contribution >= 0.6 is 11.8 Å². The molecule has 0 atom stereocenters. The van der Waals surface area contributed by atoms with Crippen molar-refractivity contribution in [3.05, 3.63) is 41.7 Å². The summed E-state index contributed by atoms with van der Waals surface area (Å²) in [4.78, 5) is 16.8. The number of nitrogens with zero attached hydrogens (tertiary/aromatic N) is 2. The average Bonchev–Trinajstić information content (AvgIpc) is 2.97. The van der Waals surface area contributed by atoms with Crippen LogP contribution in [0.25, 0.3) is 0 Å². The van der Waals surface area contributed by atoms with Crippen LogP contribution in [0.5, 0.6) is 0 Å². The Morgan fingerprint density at radius 1 is 1.22 bits per heavy atom. The molecule has 1 aromatic heterocycles. The summed E-state index contributed by atoms with van der Waals surface area (Å²) in [5, 5.41) is 10.7. The molecular formula is C17H22N4OS. The van der Waals surface area contributed by atoms with Crippen LogP contribution in [-0.2, 0) is 5.75 Å². The minimum absolute atomic E-state index is 0.0469. The Bertz CT molecular complexity index is 621. The predicted octanol–water partition coefficient (Wildman–Crippen LogP) is 3.55. The predicted molar refractivity (Wildman–Crippen MR) is 91.3 cm³/mol. The van der Waals surface area contributed by atoms with Gasteiger partial charge in [0.2, 0.25) is 0 Å². The van der Waals surface area contributed by atoms with E-state index in [9.17, 15) is 4.79 Å². The van der Waals surface area contributed by atoms with Gasteiger partial charge in [-0.15, -0.1) is 0 Å². The van der Waals surface area contributed by atoms with Gasteiger partial charge in [-0.05, 0) is 24.5 Å². The molecule has 6 heteroatoms. The van der Waals surface area contributed by atoms with Gasteiger partial charge in [0.25, 0.3) is 5.91 Å². The summed E-state index contributed by atoms with van der Waals surface area (Å²) < 4.78 is 0. The highest BCUT2D eigenvalue weighted by Gasteiger charge is 2.17. The van der Waals surface area contributed by atoms with E-state index in [0.717, 1.165) is 29.1 Å². The molecule has 1 fully saturated rings. The van der Waals surface area contributed by atoms with Gasteiger partial charge in [0.15, 0.2) is 5.16 Å². The van der Waals surface area contributed by atoms with Crippen molar-refractivity contribution in [1.82, 2.24) is 20.5 Å². The monoisotopic (exact) mass is 330 g/mol. The van der Waals surface area contributed by atoms with Crippen LogP contribution in [0.15, 0.2) is 35.7 Å². The highest BCUT2D eigenvalue weighted by atomic mass is 32.2. The molecule has 3 rings (SSSR count). The first-order chi connectivity index (χ1) is 11.3. The molecule has 1 saturated carbocycles. The Balaban J connectivity index is 1.64. The van der Waals surface area contributed by atoms with Gasteiger partial charge in [0, 0.05) is 17.4 Å². The maximum absolute atomic E-state index is 12.7. The van der Waals surface area contributed by atoms with Crippen molar-refractivity contribution in [1.29, 1.82) is 0 Å². The van der Waals surface area contributed by atoms with Gasteiger partial charge in [-0.2, -0.15) is 5.10 Å². The van der Waals surface area contributed by atoms with Crippen molar-refractivity contribution in [3.8, 4) is 0 Å². The van der Waals surface area contributed by atoms with Crippen LogP contribution < -0.4 is 5.32 Å². The molecular weight excluding hydrogens is 308 g/mol. The molecule has 2 N–H and O–H groups in total. The number of thioether (sulfide) groups is 1. The molecule has 1 aromatic carbocycles. The lowest BCUT2D eigenvalue weighted by atomic mass is 10.1. The smallest absolute Gasteiger partial charge is 0.251 e. The maximum Gasteiger partial charge on any atom is 0.251 e. The van der Waals surface area contributed by atoms with E-state index in [-0.39, 0.29) is 5.91 Å². The fourth-order valence-electron chi connectivity index (χ4n) is 2.96. The van der Waals surface area contributed by atoms with Crippen molar-refractivity contribution in [2.75, 3.05) is 0 Å². The summed E-state index contributed by atoms with van der Waals surface area (Å²) in [6, 6.07) is 8.12. The zero-order chi connectivity index (χ0) is 15.9. The van der Waals surface area contributed by atoms with Crippen LogP contribution in [-0.4, -0.2) is 27.1 Å². The number of carbonyl (C=O) groups is 1. The van der Waals surface area contributed by atoms with Crippen LogP contribution in [0.1, 0.15) is 54.4 Å². The molecule has 0 unspecified atom stereocenters. The summed E-state index contributed by atoms with van der Waals surface area (Å²) in [5.74, 6) is 0.745. The lowest BCUT2D eigenvalue weighted by molar-refractivity contribution is 0.0932.